The Morgan fingerprint density at radius 3 is 2.26 bits per heavy atom. The van der Waals surface area contributed by atoms with Crippen LogP contribution in [0.3, 0.4) is 0 Å². The van der Waals surface area contributed by atoms with Gasteiger partial charge in [0.1, 0.15) is 0 Å². The first kappa shape index (κ1) is 18.0. The summed E-state index contributed by atoms with van der Waals surface area (Å²) >= 11 is 0. The van der Waals surface area contributed by atoms with Gasteiger partial charge in [-0.05, 0) is 58.7 Å². The minimum atomic E-state index is -0.0813. The quantitative estimate of drug-likeness (QED) is 0.333. The molecule has 3 aromatic heterocycles. The molecular weight excluding hydrogens is 378 g/mol. The summed E-state index contributed by atoms with van der Waals surface area (Å²) in [6, 6.07) is 23.6. The summed E-state index contributed by atoms with van der Waals surface area (Å²) in [6.45, 7) is 4.60. The van der Waals surface area contributed by atoms with Crippen molar-refractivity contribution in [1.29, 1.82) is 0 Å². The molecule has 148 valence electrons. The fourth-order valence-electron chi connectivity index (χ4n) is 4.73. The van der Waals surface area contributed by atoms with Crippen LogP contribution in [0.5, 0.6) is 0 Å². The highest BCUT2D eigenvalue weighted by molar-refractivity contribution is 5.92. The predicted octanol–water partition coefficient (Wildman–Crippen LogP) is 6.67. The van der Waals surface area contributed by atoms with Gasteiger partial charge in [-0.3, -0.25) is 15.0 Å². The van der Waals surface area contributed by atoms with Gasteiger partial charge in [0.05, 0.1) is 11.2 Å². The molecule has 0 spiro atoms. The van der Waals surface area contributed by atoms with Gasteiger partial charge in [0.15, 0.2) is 0 Å². The molecule has 31 heavy (non-hydrogen) atoms. The van der Waals surface area contributed by atoms with E-state index in [4.69, 9.17) is 4.98 Å². The molecule has 0 saturated heterocycles. The molecule has 6 rings (SSSR count). The van der Waals surface area contributed by atoms with Crippen LogP contribution in [0, 0.1) is 0 Å². The SMILES string of the molecule is CC1(C)c2cc(-c3ccc(-c4cccnc4)cn3)ccc2-c2cc3cccnc3cc21. The molecule has 3 heteroatoms. The summed E-state index contributed by atoms with van der Waals surface area (Å²) in [5, 5.41) is 1.18. The minimum Gasteiger partial charge on any atom is -0.264 e. The van der Waals surface area contributed by atoms with Crippen molar-refractivity contribution in [2.45, 2.75) is 19.3 Å². The lowest BCUT2D eigenvalue weighted by Gasteiger charge is -2.22. The number of nitrogens with zero attached hydrogens (tertiary/aromatic N) is 3. The third-order valence-electron chi connectivity index (χ3n) is 6.45. The number of hydrogen-bond acceptors (Lipinski definition) is 3. The fraction of sp³-hybridized carbons (Fsp3) is 0.107. The molecule has 1 aliphatic carbocycles. The second-order valence-corrected chi connectivity index (χ2v) is 8.65. The van der Waals surface area contributed by atoms with Crippen LogP contribution >= 0.6 is 0 Å². The van der Waals surface area contributed by atoms with Gasteiger partial charge in [-0.2, -0.15) is 0 Å². The normalized spacial score (nSPS) is 13.7. The average Bonchev–Trinajstić information content (AvgIpc) is 3.04. The Labute approximate surface area is 181 Å². The van der Waals surface area contributed by atoms with E-state index < -0.39 is 0 Å². The zero-order valence-corrected chi connectivity index (χ0v) is 17.5. The minimum absolute atomic E-state index is 0.0813. The van der Waals surface area contributed by atoms with Crippen LogP contribution in [-0.2, 0) is 5.41 Å². The number of aromatic nitrogens is 3. The van der Waals surface area contributed by atoms with Crippen molar-refractivity contribution in [3.05, 3.63) is 103 Å². The van der Waals surface area contributed by atoms with Crippen LogP contribution in [0.1, 0.15) is 25.0 Å². The van der Waals surface area contributed by atoms with Gasteiger partial charge in [0.2, 0.25) is 0 Å². The molecule has 1 aliphatic rings. The van der Waals surface area contributed by atoms with Gasteiger partial charge in [0.25, 0.3) is 0 Å². The number of hydrogen-bond donors (Lipinski definition) is 0. The van der Waals surface area contributed by atoms with Crippen LogP contribution in [-0.4, -0.2) is 15.0 Å². The molecule has 2 aromatic carbocycles. The third-order valence-corrected chi connectivity index (χ3v) is 6.45. The summed E-state index contributed by atoms with van der Waals surface area (Å²) in [5.74, 6) is 0. The summed E-state index contributed by atoms with van der Waals surface area (Å²) in [6.07, 6.45) is 7.44. The van der Waals surface area contributed by atoms with Crippen LogP contribution in [0.15, 0.2) is 91.5 Å². The molecule has 5 aromatic rings. The average molecular weight is 399 g/mol. The standard InChI is InChI=1S/C28H21N3/c1-28(2)24-14-19(26-10-8-21(17-31-26)20-6-3-11-29-16-20)7-9-22(24)23-13-18-5-4-12-30-27(18)15-25(23)28/h3-17H,1-2H3. The maximum Gasteiger partial charge on any atom is 0.0705 e. The van der Waals surface area contributed by atoms with Crippen molar-refractivity contribution in [3.63, 3.8) is 0 Å². The van der Waals surface area contributed by atoms with Crippen molar-refractivity contribution in [2.75, 3.05) is 0 Å². The molecule has 0 bridgehead atoms. The summed E-state index contributed by atoms with van der Waals surface area (Å²) < 4.78 is 0. The van der Waals surface area contributed by atoms with E-state index in [1.807, 2.05) is 30.7 Å². The Balaban J connectivity index is 1.44. The van der Waals surface area contributed by atoms with Crippen molar-refractivity contribution >= 4 is 10.9 Å². The molecule has 0 atom stereocenters. The Hall–Kier alpha value is -3.85. The highest BCUT2D eigenvalue weighted by Gasteiger charge is 2.36. The molecule has 0 unspecified atom stereocenters. The Morgan fingerprint density at radius 1 is 0.645 bits per heavy atom. The highest BCUT2D eigenvalue weighted by Crippen LogP contribution is 2.50. The van der Waals surface area contributed by atoms with Crippen molar-refractivity contribution < 1.29 is 0 Å². The topological polar surface area (TPSA) is 38.7 Å². The second-order valence-electron chi connectivity index (χ2n) is 8.65. The zero-order valence-electron chi connectivity index (χ0n) is 17.5. The van der Waals surface area contributed by atoms with Gasteiger partial charge in [-0.1, -0.05) is 44.2 Å². The van der Waals surface area contributed by atoms with Gasteiger partial charge in [-0.25, -0.2) is 0 Å². The van der Waals surface area contributed by atoms with Gasteiger partial charge >= 0.3 is 0 Å². The molecule has 0 amide bonds. The predicted molar refractivity (Wildman–Crippen MR) is 126 cm³/mol. The highest BCUT2D eigenvalue weighted by atomic mass is 14.7. The molecule has 0 fully saturated rings. The Morgan fingerprint density at radius 2 is 1.45 bits per heavy atom. The molecular formula is C28H21N3. The van der Waals surface area contributed by atoms with Crippen LogP contribution < -0.4 is 0 Å². The van der Waals surface area contributed by atoms with Crippen molar-refractivity contribution in [3.8, 4) is 33.5 Å². The van der Waals surface area contributed by atoms with Crippen LogP contribution in [0.4, 0.5) is 0 Å². The van der Waals surface area contributed by atoms with E-state index in [1.165, 1.54) is 27.6 Å². The second kappa shape index (κ2) is 6.58. The molecule has 0 radical (unpaired) electrons. The molecule has 3 nitrogen and oxygen atoms in total. The number of rotatable bonds is 2. The molecule has 0 saturated carbocycles. The molecule has 0 aliphatic heterocycles. The summed E-state index contributed by atoms with van der Waals surface area (Å²) in [7, 11) is 0. The number of fused-ring (bicyclic) bond motifs is 4. The van der Waals surface area contributed by atoms with Gasteiger partial charge in [-0.15, -0.1) is 0 Å². The maximum absolute atomic E-state index is 4.75. The zero-order chi connectivity index (χ0) is 21.0. The smallest absolute Gasteiger partial charge is 0.0705 e. The summed E-state index contributed by atoms with van der Waals surface area (Å²) in [4.78, 5) is 13.5. The van der Waals surface area contributed by atoms with E-state index in [0.29, 0.717) is 0 Å². The van der Waals surface area contributed by atoms with Crippen molar-refractivity contribution in [2.24, 2.45) is 0 Å². The molecule has 3 heterocycles. The maximum atomic E-state index is 4.75. The molecule has 0 N–H and O–H groups in total. The fourth-order valence-corrected chi connectivity index (χ4v) is 4.73. The van der Waals surface area contributed by atoms with Crippen molar-refractivity contribution in [1.82, 2.24) is 15.0 Å². The van der Waals surface area contributed by atoms with E-state index in [1.54, 1.807) is 6.20 Å². The lowest BCUT2D eigenvalue weighted by Crippen LogP contribution is -2.15. The number of benzene rings is 2. The van der Waals surface area contributed by atoms with E-state index in [-0.39, 0.29) is 5.41 Å². The van der Waals surface area contributed by atoms with E-state index >= 15 is 0 Å². The lowest BCUT2D eigenvalue weighted by molar-refractivity contribution is 0.661. The first-order valence-electron chi connectivity index (χ1n) is 10.5. The lowest BCUT2D eigenvalue weighted by atomic mass is 9.81. The van der Waals surface area contributed by atoms with Gasteiger partial charge < -0.3 is 0 Å². The van der Waals surface area contributed by atoms with E-state index in [2.05, 4.69) is 78.4 Å². The Kier molecular flexibility index (Phi) is 3.81. The van der Waals surface area contributed by atoms with Crippen LogP contribution in [0.2, 0.25) is 0 Å². The van der Waals surface area contributed by atoms with Crippen LogP contribution in [0.25, 0.3) is 44.4 Å². The Bertz CT molecular complexity index is 1440. The van der Waals surface area contributed by atoms with E-state index in [9.17, 15) is 0 Å². The largest absolute Gasteiger partial charge is 0.264 e. The third kappa shape index (κ3) is 2.77. The first-order chi connectivity index (χ1) is 15.1. The van der Waals surface area contributed by atoms with E-state index in [0.717, 1.165) is 27.9 Å². The monoisotopic (exact) mass is 399 g/mol. The summed E-state index contributed by atoms with van der Waals surface area (Å²) in [5.41, 5.74) is 10.5. The number of pyridine rings is 3. The van der Waals surface area contributed by atoms with Gasteiger partial charge in [0, 0.05) is 52.3 Å². The first-order valence-corrected chi connectivity index (χ1v) is 10.5.